The molecule has 2 aromatic rings. The van der Waals surface area contributed by atoms with Crippen molar-refractivity contribution in [2.45, 2.75) is 52.0 Å². The van der Waals surface area contributed by atoms with Crippen molar-refractivity contribution >= 4 is 16.8 Å². The number of hydrogen-bond donors (Lipinski definition) is 2. The lowest BCUT2D eigenvalue weighted by atomic mass is 9.78. The number of para-hydroxylation sites is 1. The van der Waals surface area contributed by atoms with E-state index in [-0.39, 0.29) is 17.5 Å². The minimum absolute atomic E-state index is 0.0387. The molecule has 2 N–H and O–H groups in total. The predicted molar refractivity (Wildman–Crippen MR) is 94.8 cm³/mol. The standard InChI is InChI=1S/C19H25N3O2/c1-12-6-5-9-15(13(12)2)21-18(23)11-10-17-20-16-8-4-3-7-14(16)19(24)22-17/h3-4,7-8,12-13,15H,5-6,9-11H2,1-2H3,(H,21,23)(H,20,22,24)/t12-,13+,15-/m1/s1. The van der Waals surface area contributed by atoms with Gasteiger partial charge in [-0.1, -0.05) is 38.8 Å². The van der Waals surface area contributed by atoms with Gasteiger partial charge in [-0.2, -0.15) is 0 Å². The van der Waals surface area contributed by atoms with Crippen molar-refractivity contribution < 1.29 is 4.79 Å². The Hall–Kier alpha value is -2.17. The molecule has 1 aromatic carbocycles. The SMILES string of the molecule is C[C@H]1[C@H](C)CCC[C@H]1NC(=O)CCc1nc2ccccc2c(=O)[nH]1. The first kappa shape index (κ1) is 16.7. The average molecular weight is 327 g/mol. The first-order chi connectivity index (χ1) is 11.5. The molecule has 0 radical (unpaired) electrons. The molecule has 0 bridgehead atoms. The molecule has 0 spiro atoms. The van der Waals surface area contributed by atoms with Crippen LogP contribution in [0, 0.1) is 11.8 Å². The number of carbonyl (C=O) groups excluding carboxylic acids is 1. The van der Waals surface area contributed by atoms with Crippen molar-refractivity contribution in [1.82, 2.24) is 15.3 Å². The lowest BCUT2D eigenvalue weighted by molar-refractivity contribution is -0.122. The molecule has 1 amide bonds. The summed E-state index contributed by atoms with van der Waals surface area (Å²) in [5.74, 6) is 1.78. The Labute approximate surface area is 141 Å². The van der Waals surface area contributed by atoms with Crippen LogP contribution in [0.1, 0.15) is 45.4 Å². The second-order valence-electron chi connectivity index (χ2n) is 6.97. The molecular weight excluding hydrogens is 302 g/mol. The summed E-state index contributed by atoms with van der Waals surface area (Å²) < 4.78 is 0. The molecule has 0 saturated heterocycles. The van der Waals surface area contributed by atoms with Gasteiger partial charge in [-0.25, -0.2) is 4.98 Å². The second kappa shape index (κ2) is 7.16. The fraction of sp³-hybridized carbons (Fsp3) is 0.526. The van der Waals surface area contributed by atoms with Crippen LogP contribution in [0.15, 0.2) is 29.1 Å². The predicted octanol–water partition coefficient (Wildman–Crippen LogP) is 2.80. The van der Waals surface area contributed by atoms with E-state index < -0.39 is 0 Å². The number of nitrogens with one attached hydrogen (secondary N) is 2. The van der Waals surface area contributed by atoms with Crippen molar-refractivity contribution in [3.63, 3.8) is 0 Å². The van der Waals surface area contributed by atoms with Crippen LogP contribution in [0.5, 0.6) is 0 Å². The smallest absolute Gasteiger partial charge is 0.258 e. The Balaban J connectivity index is 1.61. The Kier molecular flexibility index (Phi) is 4.97. The highest BCUT2D eigenvalue weighted by atomic mass is 16.1. The molecule has 1 aliphatic rings. The van der Waals surface area contributed by atoms with Gasteiger partial charge in [0.2, 0.25) is 5.91 Å². The normalized spacial score (nSPS) is 24.0. The summed E-state index contributed by atoms with van der Waals surface area (Å²) in [4.78, 5) is 31.5. The second-order valence-corrected chi connectivity index (χ2v) is 6.97. The van der Waals surface area contributed by atoms with Crippen molar-refractivity contribution in [2.24, 2.45) is 11.8 Å². The minimum Gasteiger partial charge on any atom is -0.353 e. The number of nitrogens with zero attached hydrogens (tertiary/aromatic N) is 1. The molecule has 0 unspecified atom stereocenters. The number of H-pyrrole nitrogens is 1. The van der Waals surface area contributed by atoms with E-state index in [1.54, 1.807) is 6.07 Å². The van der Waals surface area contributed by atoms with Crippen LogP contribution >= 0.6 is 0 Å². The number of amides is 1. The van der Waals surface area contributed by atoms with Gasteiger partial charge in [0.05, 0.1) is 10.9 Å². The van der Waals surface area contributed by atoms with Gasteiger partial charge >= 0.3 is 0 Å². The number of hydrogen-bond acceptors (Lipinski definition) is 3. The van der Waals surface area contributed by atoms with E-state index in [1.165, 1.54) is 12.8 Å². The molecule has 24 heavy (non-hydrogen) atoms. The van der Waals surface area contributed by atoms with Crippen molar-refractivity contribution in [2.75, 3.05) is 0 Å². The number of benzene rings is 1. The third-order valence-corrected chi connectivity index (χ3v) is 5.30. The van der Waals surface area contributed by atoms with E-state index in [1.807, 2.05) is 18.2 Å². The quantitative estimate of drug-likeness (QED) is 0.907. The zero-order valence-electron chi connectivity index (χ0n) is 14.3. The van der Waals surface area contributed by atoms with Gasteiger partial charge in [0, 0.05) is 18.9 Å². The number of carbonyl (C=O) groups is 1. The molecule has 1 fully saturated rings. The largest absolute Gasteiger partial charge is 0.353 e. The Morgan fingerprint density at radius 3 is 2.92 bits per heavy atom. The molecule has 1 aliphatic carbocycles. The number of rotatable bonds is 4. The zero-order chi connectivity index (χ0) is 17.1. The van der Waals surface area contributed by atoms with Crippen LogP contribution in [0.2, 0.25) is 0 Å². The highest BCUT2D eigenvalue weighted by Crippen LogP contribution is 2.29. The Morgan fingerprint density at radius 2 is 2.08 bits per heavy atom. The fourth-order valence-corrected chi connectivity index (χ4v) is 3.55. The molecule has 128 valence electrons. The van der Waals surface area contributed by atoms with Crippen molar-refractivity contribution in [3.05, 3.63) is 40.4 Å². The molecule has 1 saturated carbocycles. The van der Waals surface area contributed by atoms with E-state index in [4.69, 9.17) is 0 Å². The van der Waals surface area contributed by atoms with E-state index in [0.717, 1.165) is 6.42 Å². The van der Waals surface area contributed by atoms with E-state index in [0.29, 0.717) is 41.4 Å². The zero-order valence-corrected chi connectivity index (χ0v) is 14.3. The minimum atomic E-state index is -0.147. The van der Waals surface area contributed by atoms with Gasteiger partial charge in [-0.15, -0.1) is 0 Å². The van der Waals surface area contributed by atoms with Gasteiger partial charge < -0.3 is 10.3 Å². The molecule has 1 aromatic heterocycles. The van der Waals surface area contributed by atoms with Crippen LogP contribution in [-0.4, -0.2) is 21.9 Å². The van der Waals surface area contributed by atoms with Gasteiger partial charge in [-0.3, -0.25) is 9.59 Å². The van der Waals surface area contributed by atoms with Crippen LogP contribution in [0.3, 0.4) is 0 Å². The first-order valence-electron chi connectivity index (χ1n) is 8.82. The average Bonchev–Trinajstić information content (AvgIpc) is 2.57. The summed E-state index contributed by atoms with van der Waals surface area (Å²) >= 11 is 0. The van der Waals surface area contributed by atoms with Crippen molar-refractivity contribution in [1.29, 1.82) is 0 Å². The third-order valence-electron chi connectivity index (χ3n) is 5.30. The molecule has 3 atom stereocenters. The summed E-state index contributed by atoms with van der Waals surface area (Å²) in [6, 6.07) is 7.52. The van der Waals surface area contributed by atoms with Gasteiger partial charge in [0.1, 0.15) is 5.82 Å². The maximum Gasteiger partial charge on any atom is 0.258 e. The van der Waals surface area contributed by atoms with Gasteiger partial charge in [0.25, 0.3) is 5.56 Å². The number of aryl methyl sites for hydroxylation is 1. The third kappa shape index (κ3) is 3.66. The summed E-state index contributed by atoms with van der Waals surface area (Å²) in [6.07, 6.45) is 4.27. The lowest BCUT2D eigenvalue weighted by Crippen LogP contribution is -2.43. The van der Waals surface area contributed by atoms with Crippen LogP contribution in [-0.2, 0) is 11.2 Å². The highest BCUT2D eigenvalue weighted by molar-refractivity contribution is 5.78. The number of fused-ring (bicyclic) bond motifs is 1. The van der Waals surface area contributed by atoms with Gasteiger partial charge in [0.15, 0.2) is 0 Å². The Morgan fingerprint density at radius 1 is 1.29 bits per heavy atom. The van der Waals surface area contributed by atoms with E-state index >= 15 is 0 Å². The monoisotopic (exact) mass is 327 g/mol. The topological polar surface area (TPSA) is 74.8 Å². The molecular formula is C19H25N3O2. The summed E-state index contributed by atoms with van der Waals surface area (Å²) in [5.41, 5.74) is 0.525. The fourth-order valence-electron chi connectivity index (χ4n) is 3.55. The summed E-state index contributed by atoms with van der Waals surface area (Å²) in [7, 11) is 0. The molecule has 5 nitrogen and oxygen atoms in total. The summed E-state index contributed by atoms with van der Waals surface area (Å²) in [5, 5.41) is 3.74. The number of aromatic amines is 1. The van der Waals surface area contributed by atoms with Crippen LogP contribution in [0.4, 0.5) is 0 Å². The van der Waals surface area contributed by atoms with Crippen LogP contribution in [0.25, 0.3) is 10.9 Å². The maximum absolute atomic E-state index is 12.3. The molecule has 5 heteroatoms. The molecule has 0 aliphatic heterocycles. The Bertz CT molecular complexity index is 784. The van der Waals surface area contributed by atoms with Gasteiger partial charge in [-0.05, 0) is 30.4 Å². The number of aromatic nitrogens is 2. The van der Waals surface area contributed by atoms with Crippen molar-refractivity contribution in [3.8, 4) is 0 Å². The lowest BCUT2D eigenvalue weighted by Gasteiger charge is -2.34. The maximum atomic E-state index is 12.3. The molecule has 3 rings (SSSR count). The van der Waals surface area contributed by atoms with E-state index in [9.17, 15) is 9.59 Å². The highest BCUT2D eigenvalue weighted by Gasteiger charge is 2.27. The first-order valence-corrected chi connectivity index (χ1v) is 8.82. The van der Waals surface area contributed by atoms with E-state index in [2.05, 4.69) is 29.1 Å². The summed E-state index contributed by atoms with van der Waals surface area (Å²) in [6.45, 7) is 4.48. The molecule has 1 heterocycles. The van der Waals surface area contributed by atoms with Crippen LogP contribution < -0.4 is 10.9 Å².